The maximum Gasteiger partial charge on any atom is 0.239 e. The molecular formula is C17H15Cl2N3O3S. The van der Waals surface area contributed by atoms with Crippen LogP contribution in [-0.4, -0.2) is 32.2 Å². The Hall–Kier alpha value is -2.11. The van der Waals surface area contributed by atoms with Crippen molar-refractivity contribution in [3.8, 4) is 6.07 Å². The summed E-state index contributed by atoms with van der Waals surface area (Å²) < 4.78 is 25.8. The second-order valence-electron chi connectivity index (χ2n) is 5.50. The van der Waals surface area contributed by atoms with E-state index in [1.54, 1.807) is 24.3 Å². The third-order valence-electron chi connectivity index (χ3n) is 3.45. The molecule has 136 valence electrons. The highest BCUT2D eigenvalue weighted by molar-refractivity contribution is 7.88. The van der Waals surface area contributed by atoms with Crippen LogP contribution in [0.2, 0.25) is 10.0 Å². The van der Waals surface area contributed by atoms with Crippen LogP contribution in [0, 0.1) is 11.3 Å². The number of hydrogen-bond donors (Lipinski definition) is 1. The number of hydrogen-bond acceptors (Lipinski definition) is 4. The molecule has 0 unspecified atom stereocenters. The van der Waals surface area contributed by atoms with Gasteiger partial charge >= 0.3 is 0 Å². The van der Waals surface area contributed by atoms with Gasteiger partial charge in [0.25, 0.3) is 0 Å². The number of likely N-dealkylation sites (N-methyl/N-ethyl adjacent to an activating group) is 1. The standard InChI is InChI=1S/C17H15Cl2N3O3S/c1-22(10-17(23)21-14-5-6-15(18)16(19)8-14)26(24,25)11-13-4-2-3-12(7-13)9-20/h2-8H,10-11H2,1H3,(H,21,23). The molecule has 0 saturated carbocycles. The predicted molar refractivity (Wildman–Crippen MR) is 102 cm³/mol. The largest absolute Gasteiger partial charge is 0.325 e. The van der Waals surface area contributed by atoms with Gasteiger partial charge < -0.3 is 5.32 Å². The Kier molecular flexibility index (Phi) is 6.62. The van der Waals surface area contributed by atoms with Crippen LogP contribution in [0.3, 0.4) is 0 Å². The molecule has 9 heteroatoms. The maximum atomic E-state index is 12.4. The molecule has 0 heterocycles. The predicted octanol–water partition coefficient (Wildman–Crippen LogP) is 3.27. The van der Waals surface area contributed by atoms with Gasteiger partial charge in [-0.3, -0.25) is 4.79 Å². The Morgan fingerprint density at radius 3 is 2.58 bits per heavy atom. The Labute approximate surface area is 162 Å². The molecule has 2 aromatic rings. The monoisotopic (exact) mass is 411 g/mol. The first-order chi connectivity index (χ1) is 12.2. The molecule has 0 aliphatic carbocycles. The highest BCUT2D eigenvalue weighted by atomic mass is 35.5. The van der Waals surface area contributed by atoms with Crippen molar-refractivity contribution in [2.45, 2.75) is 5.75 Å². The third kappa shape index (κ3) is 5.44. The van der Waals surface area contributed by atoms with Crippen LogP contribution in [0.1, 0.15) is 11.1 Å². The van der Waals surface area contributed by atoms with Crippen molar-refractivity contribution in [3.63, 3.8) is 0 Å². The molecule has 0 radical (unpaired) electrons. The van der Waals surface area contributed by atoms with E-state index in [9.17, 15) is 13.2 Å². The summed E-state index contributed by atoms with van der Waals surface area (Å²) in [5.41, 5.74) is 1.26. The van der Waals surface area contributed by atoms with E-state index in [2.05, 4.69) is 5.32 Å². The van der Waals surface area contributed by atoms with Crippen LogP contribution < -0.4 is 5.32 Å². The van der Waals surface area contributed by atoms with Crippen LogP contribution in [0.4, 0.5) is 5.69 Å². The van der Waals surface area contributed by atoms with E-state index in [0.717, 1.165) is 4.31 Å². The summed E-state index contributed by atoms with van der Waals surface area (Å²) in [6.45, 7) is -0.361. The van der Waals surface area contributed by atoms with Gasteiger partial charge in [0, 0.05) is 12.7 Å². The zero-order chi connectivity index (χ0) is 19.3. The van der Waals surface area contributed by atoms with Crippen LogP contribution in [0.25, 0.3) is 0 Å². The summed E-state index contributed by atoms with van der Waals surface area (Å²) >= 11 is 11.7. The van der Waals surface area contributed by atoms with Gasteiger partial charge in [-0.25, -0.2) is 8.42 Å². The van der Waals surface area contributed by atoms with Crippen molar-refractivity contribution in [2.75, 3.05) is 18.9 Å². The number of amides is 1. The van der Waals surface area contributed by atoms with E-state index < -0.39 is 15.9 Å². The summed E-state index contributed by atoms with van der Waals surface area (Å²) in [5.74, 6) is -0.820. The van der Waals surface area contributed by atoms with Crippen LogP contribution in [0.5, 0.6) is 0 Å². The van der Waals surface area contributed by atoms with E-state index in [-0.39, 0.29) is 17.3 Å². The molecule has 0 spiro atoms. The molecule has 1 amide bonds. The molecule has 0 fully saturated rings. The lowest BCUT2D eigenvalue weighted by atomic mass is 10.2. The minimum Gasteiger partial charge on any atom is -0.325 e. The van der Waals surface area contributed by atoms with Gasteiger partial charge in [-0.2, -0.15) is 9.57 Å². The lowest BCUT2D eigenvalue weighted by molar-refractivity contribution is -0.116. The molecule has 26 heavy (non-hydrogen) atoms. The van der Waals surface area contributed by atoms with Gasteiger partial charge in [-0.15, -0.1) is 0 Å². The van der Waals surface area contributed by atoms with E-state index >= 15 is 0 Å². The van der Waals surface area contributed by atoms with E-state index in [4.69, 9.17) is 28.5 Å². The van der Waals surface area contributed by atoms with Crippen LogP contribution >= 0.6 is 23.2 Å². The average Bonchev–Trinajstić information content (AvgIpc) is 2.57. The molecule has 1 N–H and O–H groups in total. The van der Waals surface area contributed by atoms with Crippen molar-refractivity contribution in [3.05, 3.63) is 63.6 Å². The van der Waals surface area contributed by atoms with E-state index in [1.807, 2.05) is 6.07 Å². The van der Waals surface area contributed by atoms with Crippen molar-refractivity contribution < 1.29 is 13.2 Å². The van der Waals surface area contributed by atoms with Gasteiger partial charge in [-0.05, 0) is 35.9 Å². The second kappa shape index (κ2) is 8.52. The number of rotatable bonds is 6. The first-order valence-electron chi connectivity index (χ1n) is 7.39. The molecule has 0 saturated heterocycles. The Bertz CT molecular complexity index is 971. The van der Waals surface area contributed by atoms with E-state index in [1.165, 1.54) is 25.2 Å². The highest BCUT2D eigenvalue weighted by Gasteiger charge is 2.21. The van der Waals surface area contributed by atoms with Gasteiger partial charge in [-0.1, -0.05) is 35.3 Å². The van der Waals surface area contributed by atoms with Crippen molar-refractivity contribution in [1.82, 2.24) is 4.31 Å². The molecule has 0 aromatic heterocycles. The normalized spacial score (nSPS) is 11.2. The number of nitrogens with zero attached hydrogens (tertiary/aromatic N) is 2. The summed E-state index contributed by atoms with van der Waals surface area (Å²) in [6, 6.07) is 12.8. The van der Waals surface area contributed by atoms with Gasteiger partial charge in [0.05, 0.1) is 34.0 Å². The van der Waals surface area contributed by atoms with Crippen molar-refractivity contribution >= 4 is 44.8 Å². The number of sulfonamides is 1. The van der Waals surface area contributed by atoms with Crippen LogP contribution in [-0.2, 0) is 20.6 Å². The smallest absolute Gasteiger partial charge is 0.239 e. The zero-order valence-corrected chi connectivity index (χ0v) is 16.1. The first kappa shape index (κ1) is 20.2. The minimum atomic E-state index is -3.72. The molecule has 0 bridgehead atoms. The minimum absolute atomic E-state index is 0.280. The number of nitriles is 1. The first-order valence-corrected chi connectivity index (χ1v) is 9.76. The fourth-order valence-corrected chi connectivity index (χ4v) is 3.56. The number of carbonyl (C=O) groups excluding carboxylic acids is 1. The summed E-state index contributed by atoms with van der Waals surface area (Å²) in [5, 5.41) is 12.1. The molecule has 0 atom stereocenters. The Morgan fingerprint density at radius 2 is 1.92 bits per heavy atom. The van der Waals surface area contributed by atoms with Gasteiger partial charge in [0.2, 0.25) is 15.9 Å². The topological polar surface area (TPSA) is 90.3 Å². The molecular weight excluding hydrogens is 397 g/mol. The molecule has 0 aliphatic rings. The van der Waals surface area contributed by atoms with Crippen molar-refractivity contribution in [1.29, 1.82) is 5.26 Å². The fourth-order valence-electron chi connectivity index (χ4n) is 2.13. The SMILES string of the molecule is CN(CC(=O)Nc1ccc(Cl)c(Cl)c1)S(=O)(=O)Cc1cccc(C#N)c1. The molecule has 6 nitrogen and oxygen atoms in total. The maximum absolute atomic E-state index is 12.4. The molecule has 2 rings (SSSR count). The van der Waals surface area contributed by atoms with Crippen LogP contribution in [0.15, 0.2) is 42.5 Å². The summed E-state index contributed by atoms with van der Waals surface area (Å²) in [4.78, 5) is 12.1. The number of halogens is 2. The lowest BCUT2D eigenvalue weighted by Gasteiger charge is -2.17. The third-order valence-corrected chi connectivity index (χ3v) is 5.97. The number of benzene rings is 2. The summed E-state index contributed by atoms with van der Waals surface area (Å²) in [7, 11) is -2.41. The fraction of sp³-hybridized carbons (Fsp3) is 0.176. The number of nitrogens with one attached hydrogen (secondary N) is 1. The second-order valence-corrected chi connectivity index (χ2v) is 8.39. The lowest BCUT2D eigenvalue weighted by Crippen LogP contribution is -2.35. The molecule has 0 aliphatic heterocycles. The molecule has 2 aromatic carbocycles. The highest BCUT2D eigenvalue weighted by Crippen LogP contribution is 2.25. The quantitative estimate of drug-likeness (QED) is 0.789. The number of anilines is 1. The average molecular weight is 412 g/mol. The summed E-state index contributed by atoms with van der Waals surface area (Å²) in [6.07, 6.45) is 0. The number of carbonyl (C=O) groups is 1. The van der Waals surface area contributed by atoms with Gasteiger partial charge in [0.1, 0.15) is 0 Å². The van der Waals surface area contributed by atoms with Gasteiger partial charge in [0.15, 0.2) is 0 Å². The van der Waals surface area contributed by atoms with Crippen molar-refractivity contribution in [2.24, 2.45) is 0 Å². The Balaban J connectivity index is 2.02. The Morgan fingerprint density at radius 1 is 1.19 bits per heavy atom. The van der Waals surface area contributed by atoms with E-state index in [0.29, 0.717) is 21.8 Å². The zero-order valence-electron chi connectivity index (χ0n) is 13.7.